The van der Waals surface area contributed by atoms with Gasteiger partial charge >= 0.3 is 0 Å². The summed E-state index contributed by atoms with van der Waals surface area (Å²) in [5.41, 5.74) is 1.22. The minimum Gasteiger partial charge on any atom is -0.343 e. The molecule has 1 N–H and O–H groups in total. The van der Waals surface area contributed by atoms with E-state index in [-0.39, 0.29) is 0 Å². The number of rotatable bonds is 6. The van der Waals surface area contributed by atoms with Crippen LogP contribution in [0.5, 0.6) is 0 Å². The van der Waals surface area contributed by atoms with Gasteiger partial charge in [-0.25, -0.2) is 0 Å². The quantitative estimate of drug-likeness (QED) is 0.528. The maximum atomic E-state index is 4.61. The molecule has 0 saturated carbocycles. The molecule has 0 radical (unpaired) electrons. The van der Waals surface area contributed by atoms with E-state index in [1.807, 2.05) is 0 Å². The van der Waals surface area contributed by atoms with Crippen LogP contribution in [0, 0.1) is 0 Å². The van der Waals surface area contributed by atoms with Crippen molar-refractivity contribution < 1.29 is 4.52 Å². The second kappa shape index (κ2) is 5.48. The summed E-state index contributed by atoms with van der Waals surface area (Å²) < 4.78 is 4.61. The fourth-order valence-corrected chi connectivity index (χ4v) is 0.893. The van der Waals surface area contributed by atoms with Crippen LogP contribution < -0.4 is 5.32 Å². The van der Waals surface area contributed by atoms with Crippen LogP contribution in [0.2, 0.25) is 0 Å². The highest BCUT2D eigenvalue weighted by molar-refractivity contribution is 4.95. The van der Waals surface area contributed by atoms with Crippen LogP contribution in [-0.2, 0) is 6.42 Å². The Hall–Kier alpha value is -1.16. The van der Waals surface area contributed by atoms with Crippen molar-refractivity contribution >= 4 is 0 Å². The van der Waals surface area contributed by atoms with Gasteiger partial charge in [0.1, 0.15) is 0 Å². The molecule has 0 fully saturated rings. The first kappa shape index (κ1) is 9.92. The molecular formula is C9H15N3O. The van der Waals surface area contributed by atoms with E-state index in [0.717, 1.165) is 31.8 Å². The molecule has 1 aromatic heterocycles. The molecule has 0 unspecified atom stereocenters. The standard InChI is InChI=1S/C9H15N3O/c1-3-8(2)6-10-5-4-9-11-7-13-12-9/h7,10H,2-6H2,1H3. The molecule has 0 aliphatic heterocycles. The molecule has 13 heavy (non-hydrogen) atoms. The van der Waals surface area contributed by atoms with Crippen molar-refractivity contribution in [2.24, 2.45) is 0 Å². The molecule has 0 aliphatic rings. The zero-order chi connectivity index (χ0) is 9.52. The predicted molar refractivity (Wildman–Crippen MR) is 50.3 cm³/mol. The minimum atomic E-state index is 0.745. The van der Waals surface area contributed by atoms with E-state index >= 15 is 0 Å². The van der Waals surface area contributed by atoms with Crippen molar-refractivity contribution in [3.05, 3.63) is 24.4 Å². The SMILES string of the molecule is C=C(CC)CNCCc1ncon1. The van der Waals surface area contributed by atoms with Gasteiger partial charge in [-0.05, 0) is 6.42 Å². The summed E-state index contributed by atoms with van der Waals surface area (Å²) in [6, 6.07) is 0. The Morgan fingerprint density at radius 3 is 3.15 bits per heavy atom. The molecule has 72 valence electrons. The molecule has 0 atom stereocenters. The molecule has 4 heteroatoms. The summed E-state index contributed by atoms with van der Waals surface area (Å²) in [7, 11) is 0. The Labute approximate surface area is 78.0 Å². The summed E-state index contributed by atoms with van der Waals surface area (Å²) in [6.07, 6.45) is 3.17. The highest BCUT2D eigenvalue weighted by Gasteiger charge is 1.97. The van der Waals surface area contributed by atoms with Crippen molar-refractivity contribution in [1.29, 1.82) is 0 Å². The van der Waals surface area contributed by atoms with Gasteiger partial charge in [0.2, 0.25) is 6.39 Å². The first-order valence-corrected chi connectivity index (χ1v) is 4.45. The molecule has 1 aromatic rings. The van der Waals surface area contributed by atoms with Crippen LogP contribution in [0.4, 0.5) is 0 Å². The van der Waals surface area contributed by atoms with Gasteiger partial charge in [-0.15, -0.1) is 0 Å². The van der Waals surface area contributed by atoms with E-state index in [0.29, 0.717) is 0 Å². The Balaban J connectivity index is 2.05. The van der Waals surface area contributed by atoms with E-state index in [2.05, 4.69) is 33.5 Å². The zero-order valence-corrected chi connectivity index (χ0v) is 7.92. The third-order valence-corrected chi connectivity index (χ3v) is 1.81. The molecule has 0 spiro atoms. The number of hydrogen-bond acceptors (Lipinski definition) is 4. The van der Waals surface area contributed by atoms with E-state index in [1.54, 1.807) is 0 Å². The fraction of sp³-hybridized carbons (Fsp3) is 0.556. The van der Waals surface area contributed by atoms with Crippen LogP contribution in [0.3, 0.4) is 0 Å². The van der Waals surface area contributed by atoms with Crippen molar-refractivity contribution in [1.82, 2.24) is 15.5 Å². The normalized spacial score (nSPS) is 10.2. The minimum absolute atomic E-state index is 0.745. The second-order valence-electron chi connectivity index (χ2n) is 2.88. The molecule has 0 aliphatic carbocycles. The van der Waals surface area contributed by atoms with Gasteiger partial charge in [0, 0.05) is 19.5 Å². The van der Waals surface area contributed by atoms with Crippen LogP contribution in [-0.4, -0.2) is 23.2 Å². The van der Waals surface area contributed by atoms with Crippen molar-refractivity contribution in [2.75, 3.05) is 13.1 Å². The smallest absolute Gasteiger partial charge is 0.213 e. The number of aromatic nitrogens is 2. The van der Waals surface area contributed by atoms with E-state index in [9.17, 15) is 0 Å². The van der Waals surface area contributed by atoms with Crippen molar-refractivity contribution in [3.63, 3.8) is 0 Å². The van der Waals surface area contributed by atoms with E-state index in [4.69, 9.17) is 0 Å². The molecule has 4 nitrogen and oxygen atoms in total. The Morgan fingerprint density at radius 2 is 2.54 bits per heavy atom. The first-order valence-electron chi connectivity index (χ1n) is 4.45. The van der Waals surface area contributed by atoms with Crippen LogP contribution in [0.1, 0.15) is 19.2 Å². The van der Waals surface area contributed by atoms with Crippen LogP contribution in [0.25, 0.3) is 0 Å². The van der Waals surface area contributed by atoms with Gasteiger partial charge < -0.3 is 9.84 Å². The third kappa shape index (κ3) is 3.85. The fourth-order valence-electron chi connectivity index (χ4n) is 0.893. The number of hydrogen-bond donors (Lipinski definition) is 1. The van der Waals surface area contributed by atoms with E-state index < -0.39 is 0 Å². The molecule has 0 amide bonds. The molecule has 0 aromatic carbocycles. The Bertz CT molecular complexity index is 243. The van der Waals surface area contributed by atoms with Gasteiger partial charge in [0.25, 0.3) is 0 Å². The highest BCUT2D eigenvalue weighted by atomic mass is 16.5. The van der Waals surface area contributed by atoms with Crippen LogP contribution >= 0.6 is 0 Å². The number of nitrogens with zero attached hydrogens (tertiary/aromatic N) is 2. The second-order valence-corrected chi connectivity index (χ2v) is 2.88. The van der Waals surface area contributed by atoms with Crippen molar-refractivity contribution in [3.8, 4) is 0 Å². The largest absolute Gasteiger partial charge is 0.343 e. The van der Waals surface area contributed by atoms with Gasteiger partial charge in [-0.1, -0.05) is 24.2 Å². The predicted octanol–water partition coefficient (Wildman–Crippen LogP) is 1.17. The van der Waals surface area contributed by atoms with Crippen LogP contribution in [0.15, 0.2) is 23.1 Å². The average Bonchev–Trinajstić information content (AvgIpc) is 2.64. The monoisotopic (exact) mass is 181 g/mol. The lowest BCUT2D eigenvalue weighted by Gasteiger charge is -2.03. The summed E-state index contributed by atoms with van der Waals surface area (Å²) in [5.74, 6) is 0.745. The lowest BCUT2D eigenvalue weighted by atomic mass is 10.2. The maximum Gasteiger partial charge on any atom is 0.213 e. The highest BCUT2D eigenvalue weighted by Crippen LogP contribution is 1.93. The molecule has 1 heterocycles. The number of nitrogens with one attached hydrogen (secondary N) is 1. The summed E-state index contributed by atoms with van der Waals surface area (Å²) in [4.78, 5) is 3.91. The van der Waals surface area contributed by atoms with E-state index in [1.165, 1.54) is 12.0 Å². The molecule has 0 saturated heterocycles. The summed E-state index contributed by atoms with van der Waals surface area (Å²) in [6.45, 7) is 7.72. The zero-order valence-electron chi connectivity index (χ0n) is 7.92. The maximum absolute atomic E-state index is 4.61. The molecule has 1 rings (SSSR count). The van der Waals surface area contributed by atoms with Gasteiger partial charge in [-0.3, -0.25) is 0 Å². The lowest BCUT2D eigenvalue weighted by molar-refractivity contribution is 0.409. The summed E-state index contributed by atoms with van der Waals surface area (Å²) in [5, 5.41) is 6.96. The van der Waals surface area contributed by atoms with Gasteiger partial charge in [0.15, 0.2) is 5.82 Å². The molecular weight excluding hydrogens is 166 g/mol. The summed E-state index contributed by atoms with van der Waals surface area (Å²) >= 11 is 0. The lowest BCUT2D eigenvalue weighted by Crippen LogP contribution is -2.19. The third-order valence-electron chi connectivity index (χ3n) is 1.81. The molecule has 0 bridgehead atoms. The Morgan fingerprint density at radius 1 is 1.69 bits per heavy atom. The topological polar surface area (TPSA) is 51.0 Å². The Kier molecular flexibility index (Phi) is 4.18. The first-order chi connectivity index (χ1) is 6.33. The average molecular weight is 181 g/mol. The van der Waals surface area contributed by atoms with Crippen molar-refractivity contribution in [2.45, 2.75) is 19.8 Å². The van der Waals surface area contributed by atoms with Gasteiger partial charge in [-0.2, -0.15) is 4.98 Å². The van der Waals surface area contributed by atoms with Gasteiger partial charge in [0.05, 0.1) is 0 Å².